The summed E-state index contributed by atoms with van der Waals surface area (Å²) in [5, 5.41) is 8.04. The lowest BCUT2D eigenvalue weighted by molar-refractivity contribution is 0.272. The van der Waals surface area contributed by atoms with Crippen LogP contribution in [-0.2, 0) is 7.05 Å². The third kappa shape index (κ3) is 5.23. The lowest BCUT2D eigenvalue weighted by Crippen LogP contribution is -2.20. The van der Waals surface area contributed by atoms with Crippen LogP contribution in [0.3, 0.4) is 0 Å². The number of nitrogens with one attached hydrogen (secondary N) is 1. The van der Waals surface area contributed by atoms with Crippen molar-refractivity contribution in [3.8, 4) is 11.5 Å². The number of aryl methyl sites for hydroxylation is 1. The molecule has 0 amide bonds. The Bertz CT molecular complexity index is 821. The van der Waals surface area contributed by atoms with Gasteiger partial charge in [0, 0.05) is 7.05 Å². The van der Waals surface area contributed by atoms with Crippen LogP contribution < -0.4 is 20.5 Å². The number of benzene rings is 1. The summed E-state index contributed by atoms with van der Waals surface area (Å²) in [5.74, 6) is 1.38. The van der Waals surface area contributed by atoms with E-state index in [-0.39, 0.29) is 10.6 Å². The Hall–Kier alpha value is -2.54. The summed E-state index contributed by atoms with van der Waals surface area (Å²) >= 11 is 5.98. The molecular formula is C18H23ClN4O3. The van der Waals surface area contributed by atoms with Crippen LogP contribution in [0, 0.1) is 0 Å². The topological polar surface area (TPSA) is 77.7 Å². The molecule has 7 nitrogen and oxygen atoms in total. The fraction of sp³-hybridized carbons (Fsp3) is 0.389. The van der Waals surface area contributed by atoms with Crippen molar-refractivity contribution in [1.82, 2.24) is 9.78 Å². The molecule has 0 radical (unpaired) electrons. The summed E-state index contributed by atoms with van der Waals surface area (Å²) in [6.07, 6.45) is 5.11. The number of rotatable bonds is 9. The Labute approximate surface area is 157 Å². The second-order valence-electron chi connectivity index (χ2n) is 5.51. The van der Waals surface area contributed by atoms with Crippen molar-refractivity contribution in [2.75, 3.05) is 18.6 Å². The summed E-state index contributed by atoms with van der Waals surface area (Å²) in [4.78, 5) is 11.7. The van der Waals surface area contributed by atoms with Crippen LogP contribution in [0.5, 0.6) is 11.5 Å². The fourth-order valence-electron chi connectivity index (χ4n) is 2.08. The lowest BCUT2D eigenvalue weighted by Gasteiger charge is -2.12. The van der Waals surface area contributed by atoms with Gasteiger partial charge in [-0.25, -0.2) is 4.68 Å². The molecule has 0 unspecified atom stereocenters. The van der Waals surface area contributed by atoms with Gasteiger partial charge in [-0.3, -0.25) is 10.2 Å². The molecule has 0 bridgehead atoms. The highest BCUT2D eigenvalue weighted by molar-refractivity contribution is 6.32. The Morgan fingerprint density at radius 2 is 2.12 bits per heavy atom. The van der Waals surface area contributed by atoms with Crippen LogP contribution >= 0.6 is 11.6 Å². The van der Waals surface area contributed by atoms with Gasteiger partial charge in [0.05, 0.1) is 25.6 Å². The third-order valence-electron chi connectivity index (χ3n) is 3.50. The van der Waals surface area contributed by atoms with E-state index >= 15 is 0 Å². The van der Waals surface area contributed by atoms with E-state index in [9.17, 15) is 4.79 Å². The fourth-order valence-corrected chi connectivity index (χ4v) is 2.30. The number of unbranched alkanes of at least 4 members (excludes halogenated alkanes) is 1. The molecule has 0 saturated carbocycles. The van der Waals surface area contributed by atoms with E-state index in [0.717, 1.165) is 23.1 Å². The number of nitrogens with zero attached hydrogens (tertiary/aromatic N) is 3. The molecule has 26 heavy (non-hydrogen) atoms. The molecule has 0 aliphatic heterocycles. The summed E-state index contributed by atoms with van der Waals surface area (Å²) in [6.45, 7) is 5.23. The Balaban J connectivity index is 2.11. The minimum Gasteiger partial charge on any atom is -0.490 e. The van der Waals surface area contributed by atoms with Crippen molar-refractivity contribution in [2.24, 2.45) is 12.1 Å². The molecule has 0 spiro atoms. The highest BCUT2D eigenvalue weighted by atomic mass is 35.5. The molecule has 1 heterocycles. The second kappa shape index (κ2) is 9.82. The van der Waals surface area contributed by atoms with Crippen LogP contribution in [0.2, 0.25) is 5.02 Å². The predicted molar refractivity (Wildman–Crippen MR) is 104 cm³/mol. The largest absolute Gasteiger partial charge is 0.490 e. The maximum atomic E-state index is 11.7. The van der Waals surface area contributed by atoms with Gasteiger partial charge in [-0.15, -0.1) is 0 Å². The monoisotopic (exact) mass is 378 g/mol. The molecule has 2 rings (SSSR count). The van der Waals surface area contributed by atoms with Gasteiger partial charge in [0.2, 0.25) is 0 Å². The molecule has 8 heteroatoms. The van der Waals surface area contributed by atoms with Crippen LogP contribution in [-0.4, -0.2) is 29.2 Å². The smallest absolute Gasteiger partial charge is 0.287 e. The van der Waals surface area contributed by atoms with Crippen molar-refractivity contribution in [3.05, 3.63) is 45.3 Å². The summed E-state index contributed by atoms with van der Waals surface area (Å²) in [5.41, 5.74) is 3.50. The quantitative estimate of drug-likeness (QED) is 0.410. The van der Waals surface area contributed by atoms with Crippen molar-refractivity contribution < 1.29 is 9.47 Å². The van der Waals surface area contributed by atoms with Crippen LogP contribution in [0.1, 0.15) is 32.3 Å². The average molecular weight is 379 g/mol. The van der Waals surface area contributed by atoms with Gasteiger partial charge in [0.25, 0.3) is 5.56 Å². The molecular weight excluding hydrogens is 356 g/mol. The number of halogens is 1. The Morgan fingerprint density at radius 1 is 1.31 bits per heavy atom. The minimum absolute atomic E-state index is 0.0364. The number of anilines is 1. The molecule has 0 aliphatic carbocycles. The number of hydrogen-bond acceptors (Lipinski definition) is 6. The van der Waals surface area contributed by atoms with Crippen molar-refractivity contribution in [2.45, 2.75) is 26.7 Å². The van der Waals surface area contributed by atoms with Crippen LogP contribution in [0.15, 0.2) is 34.3 Å². The number of hydrogen-bond donors (Lipinski definition) is 1. The van der Waals surface area contributed by atoms with Gasteiger partial charge in [0.15, 0.2) is 11.5 Å². The van der Waals surface area contributed by atoms with Gasteiger partial charge < -0.3 is 9.47 Å². The van der Waals surface area contributed by atoms with E-state index in [0.29, 0.717) is 30.4 Å². The zero-order chi connectivity index (χ0) is 18.9. The molecule has 0 saturated heterocycles. The van der Waals surface area contributed by atoms with E-state index in [1.54, 1.807) is 6.21 Å². The van der Waals surface area contributed by atoms with E-state index in [4.69, 9.17) is 21.1 Å². The highest BCUT2D eigenvalue weighted by Gasteiger charge is 2.07. The Kier molecular flexibility index (Phi) is 7.47. The van der Waals surface area contributed by atoms with Gasteiger partial charge in [-0.05, 0) is 37.1 Å². The van der Waals surface area contributed by atoms with Gasteiger partial charge >= 0.3 is 0 Å². The first-order valence-corrected chi connectivity index (χ1v) is 8.85. The minimum atomic E-state index is -0.390. The van der Waals surface area contributed by atoms with E-state index in [2.05, 4.69) is 22.5 Å². The number of ether oxygens (including phenoxy) is 2. The number of hydrazone groups is 1. The van der Waals surface area contributed by atoms with Crippen molar-refractivity contribution in [1.29, 1.82) is 0 Å². The summed E-state index contributed by atoms with van der Waals surface area (Å²) in [7, 11) is 1.53. The molecule has 0 fully saturated rings. The summed E-state index contributed by atoms with van der Waals surface area (Å²) < 4.78 is 12.5. The molecule has 140 valence electrons. The molecule has 1 aromatic heterocycles. The summed E-state index contributed by atoms with van der Waals surface area (Å²) in [6, 6.07) is 5.58. The molecule has 0 atom stereocenters. The third-order valence-corrected chi connectivity index (χ3v) is 3.87. The normalized spacial score (nSPS) is 10.9. The van der Waals surface area contributed by atoms with Gasteiger partial charge in [-0.2, -0.15) is 10.2 Å². The molecule has 1 N–H and O–H groups in total. The predicted octanol–water partition coefficient (Wildman–Crippen LogP) is 3.46. The van der Waals surface area contributed by atoms with Gasteiger partial charge in [-0.1, -0.05) is 24.9 Å². The second-order valence-corrected chi connectivity index (χ2v) is 5.89. The van der Waals surface area contributed by atoms with Crippen molar-refractivity contribution >= 4 is 23.5 Å². The van der Waals surface area contributed by atoms with Crippen LogP contribution in [0.25, 0.3) is 0 Å². The maximum Gasteiger partial charge on any atom is 0.287 e. The van der Waals surface area contributed by atoms with Crippen molar-refractivity contribution in [3.63, 3.8) is 0 Å². The molecule has 2 aromatic rings. The average Bonchev–Trinajstić information content (AvgIpc) is 2.64. The molecule has 0 aliphatic rings. The Morgan fingerprint density at radius 3 is 2.85 bits per heavy atom. The van der Waals surface area contributed by atoms with Gasteiger partial charge in [0.1, 0.15) is 10.7 Å². The van der Waals surface area contributed by atoms with E-state index in [1.807, 2.05) is 25.1 Å². The first kappa shape index (κ1) is 19.8. The lowest BCUT2D eigenvalue weighted by atomic mass is 10.2. The molecule has 1 aromatic carbocycles. The zero-order valence-electron chi connectivity index (χ0n) is 15.2. The zero-order valence-corrected chi connectivity index (χ0v) is 15.9. The highest BCUT2D eigenvalue weighted by Crippen LogP contribution is 2.28. The van der Waals surface area contributed by atoms with E-state index < -0.39 is 0 Å². The SMILES string of the molecule is CCCCOc1ccc(/C=N\Nc2cnn(C)c(=O)c2Cl)cc1OCC. The standard InChI is InChI=1S/C18H23ClN4O3/c1-4-6-9-26-15-8-7-13(10-16(15)25-5-2)11-20-22-14-12-21-23(3)18(24)17(14)19/h7-8,10-12,22H,4-6,9H2,1-3H3/b20-11-. The maximum absolute atomic E-state index is 11.7. The first-order chi connectivity index (χ1) is 12.6. The van der Waals surface area contributed by atoms with E-state index in [1.165, 1.54) is 13.2 Å². The van der Waals surface area contributed by atoms with Crippen LogP contribution in [0.4, 0.5) is 5.69 Å². The number of aromatic nitrogens is 2. The first-order valence-electron chi connectivity index (χ1n) is 8.47.